The van der Waals surface area contributed by atoms with Crippen LogP contribution in [-0.4, -0.2) is 5.97 Å². The van der Waals surface area contributed by atoms with Gasteiger partial charge in [-0.15, -0.1) is 6.58 Å². The maximum atomic E-state index is 12.2. The van der Waals surface area contributed by atoms with Gasteiger partial charge in [-0.2, -0.15) is 0 Å². The van der Waals surface area contributed by atoms with Crippen molar-refractivity contribution in [2.45, 2.75) is 39.0 Å². The molecule has 120 valence electrons. The Hall–Kier alpha value is -2.35. The standard InChI is InChI=1S/C21H24O2/c1-3-5-6-8-18-9-13-19(14-10-18)21(22)23-20-15-11-17(7-4-2)12-16-20/h3,9-16H,1,4-8H2,2H3. The molecule has 2 nitrogen and oxygen atoms in total. The van der Waals surface area contributed by atoms with Gasteiger partial charge in [-0.3, -0.25) is 0 Å². The smallest absolute Gasteiger partial charge is 0.343 e. The summed E-state index contributed by atoms with van der Waals surface area (Å²) in [6, 6.07) is 15.4. The number of hydrogen-bond acceptors (Lipinski definition) is 2. The summed E-state index contributed by atoms with van der Waals surface area (Å²) in [5.41, 5.74) is 3.07. The van der Waals surface area contributed by atoms with Crippen LogP contribution in [0.5, 0.6) is 5.75 Å². The van der Waals surface area contributed by atoms with Gasteiger partial charge >= 0.3 is 5.97 Å². The van der Waals surface area contributed by atoms with Gasteiger partial charge < -0.3 is 4.74 Å². The molecule has 0 radical (unpaired) electrons. The molecule has 2 rings (SSSR count). The summed E-state index contributed by atoms with van der Waals surface area (Å²) in [7, 11) is 0. The average Bonchev–Trinajstić information content (AvgIpc) is 2.58. The van der Waals surface area contributed by atoms with E-state index in [2.05, 4.69) is 13.5 Å². The molecule has 0 spiro atoms. The Kier molecular flexibility index (Phi) is 6.61. The molecule has 0 aliphatic carbocycles. The molecule has 0 aliphatic heterocycles. The fraction of sp³-hybridized carbons (Fsp3) is 0.286. The molecular weight excluding hydrogens is 284 g/mol. The lowest BCUT2D eigenvalue weighted by Gasteiger charge is -2.06. The van der Waals surface area contributed by atoms with Crippen molar-refractivity contribution in [1.29, 1.82) is 0 Å². The van der Waals surface area contributed by atoms with Crippen molar-refractivity contribution in [1.82, 2.24) is 0 Å². The first-order chi connectivity index (χ1) is 11.2. The molecule has 0 fully saturated rings. The van der Waals surface area contributed by atoms with Gasteiger partial charge in [0, 0.05) is 0 Å². The molecule has 0 amide bonds. The van der Waals surface area contributed by atoms with E-state index in [0.29, 0.717) is 11.3 Å². The minimum atomic E-state index is -0.314. The van der Waals surface area contributed by atoms with E-state index >= 15 is 0 Å². The highest BCUT2D eigenvalue weighted by molar-refractivity contribution is 5.91. The van der Waals surface area contributed by atoms with Crippen LogP contribution in [0.25, 0.3) is 0 Å². The third-order valence-corrected chi connectivity index (χ3v) is 3.74. The molecular formula is C21H24O2. The van der Waals surface area contributed by atoms with Crippen molar-refractivity contribution < 1.29 is 9.53 Å². The fourth-order valence-corrected chi connectivity index (χ4v) is 2.44. The SMILES string of the molecule is C=CCCCc1ccc(C(=O)Oc2ccc(CCC)cc2)cc1. The second-order valence-electron chi connectivity index (χ2n) is 5.66. The van der Waals surface area contributed by atoms with Crippen LogP contribution in [0.2, 0.25) is 0 Å². The molecule has 2 heteroatoms. The molecule has 0 heterocycles. The largest absolute Gasteiger partial charge is 0.423 e. The summed E-state index contributed by atoms with van der Waals surface area (Å²) in [5.74, 6) is 0.274. The van der Waals surface area contributed by atoms with E-state index in [4.69, 9.17) is 4.74 Å². The van der Waals surface area contributed by atoms with Gasteiger partial charge in [0.25, 0.3) is 0 Å². The number of hydrogen-bond donors (Lipinski definition) is 0. The van der Waals surface area contributed by atoms with Crippen LogP contribution >= 0.6 is 0 Å². The summed E-state index contributed by atoms with van der Waals surface area (Å²) in [6.07, 6.45) is 7.17. The average molecular weight is 308 g/mol. The van der Waals surface area contributed by atoms with Crippen molar-refractivity contribution >= 4 is 5.97 Å². The van der Waals surface area contributed by atoms with Gasteiger partial charge in [-0.25, -0.2) is 4.79 Å². The first-order valence-electron chi connectivity index (χ1n) is 8.24. The van der Waals surface area contributed by atoms with Crippen molar-refractivity contribution in [2.75, 3.05) is 0 Å². The zero-order chi connectivity index (χ0) is 16.5. The van der Waals surface area contributed by atoms with E-state index in [-0.39, 0.29) is 5.97 Å². The molecule has 0 saturated heterocycles. The quantitative estimate of drug-likeness (QED) is 0.284. The number of carbonyl (C=O) groups excluding carboxylic acids is 1. The normalized spacial score (nSPS) is 10.3. The van der Waals surface area contributed by atoms with Crippen molar-refractivity contribution in [3.05, 3.63) is 77.9 Å². The van der Waals surface area contributed by atoms with Crippen LogP contribution in [0.4, 0.5) is 0 Å². The molecule has 23 heavy (non-hydrogen) atoms. The first kappa shape index (κ1) is 17.0. The highest BCUT2D eigenvalue weighted by Crippen LogP contribution is 2.16. The summed E-state index contributed by atoms with van der Waals surface area (Å²) in [6.45, 7) is 5.87. The Morgan fingerprint density at radius 1 is 1.00 bits per heavy atom. The predicted molar refractivity (Wildman–Crippen MR) is 95.0 cm³/mol. The monoisotopic (exact) mass is 308 g/mol. The minimum absolute atomic E-state index is 0.314. The number of carbonyl (C=O) groups is 1. The van der Waals surface area contributed by atoms with Gasteiger partial charge in [-0.1, -0.05) is 43.7 Å². The number of unbranched alkanes of at least 4 members (excludes halogenated alkanes) is 1. The van der Waals surface area contributed by atoms with E-state index in [1.54, 1.807) is 0 Å². The first-order valence-corrected chi connectivity index (χ1v) is 8.24. The predicted octanol–water partition coefficient (Wildman–Crippen LogP) is 5.37. The topological polar surface area (TPSA) is 26.3 Å². The van der Waals surface area contributed by atoms with E-state index in [9.17, 15) is 4.79 Å². The third kappa shape index (κ3) is 5.41. The third-order valence-electron chi connectivity index (χ3n) is 3.74. The lowest BCUT2D eigenvalue weighted by Crippen LogP contribution is -2.08. The fourth-order valence-electron chi connectivity index (χ4n) is 2.44. The molecule has 0 unspecified atom stereocenters. The molecule has 2 aromatic carbocycles. The number of rotatable bonds is 8. The van der Waals surface area contributed by atoms with Crippen molar-refractivity contribution in [3.63, 3.8) is 0 Å². The van der Waals surface area contributed by atoms with Crippen LogP contribution in [-0.2, 0) is 12.8 Å². The van der Waals surface area contributed by atoms with Crippen molar-refractivity contribution in [3.8, 4) is 5.75 Å². The maximum absolute atomic E-state index is 12.2. The number of ether oxygens (including phenoxy) is 1. The summed E-state index contributed by atoms with van der Waals surface area (Å²) < 4.78 is 5.42. The Labute approximate surface area is 138 Å². The lowest BCUT2D eigenvalue weighted by atomic mass is 10.1. The number of allylic oxidation sites excluding steroid dienone is 1. The zero-order valence-corrected chi connectivity index (χ0v) is 13.8. The van der Waals surface area contributed by atoms with Crippen LogP contribution < -0.4 is 4.74 Å². The van der Waals surface area contributed by atoms with E-state index < -0.39 is 0 Å². The lowest BCUT2D eigenvalue weighted by molar-refractivity contribution is 0.0734. The zero-order valence-electron chi connectivity index (χ0n) is 13.8. The molecule has 0 saturated carbocycles. The van der Waals surface area contributed by atoms with Gasteiger partial charge in [0.05, 0.1) is 5.56 Å². The summed E-state index contributed by atoms with van der Waals surface area (Å²) in [5, 5.41) is 0. The van der Waals surface area contributed by atoms with Crippen LogP contribution in [0.3, 0.4) is 0 Å². The van der Waals surface area contributed by atoms with E-state index in [1.165, 1.54) is 11.1 Å². The summed E-state index contributed by atoms with van der Waals surface area (Å²) in [4.78, 5) is 12.2. The Bertz CT molecular complexity index is 624. The Morgan fingerprint density at radius 2 is 1.61 bits per heavy atom. The highest BCUT2D eigenvalue weighted by Gasteiger charge is 2.08. The number of benzene rings is 2. The van der Waals surface area contributed by atoms with Crippen LogP contribution in [0.15, 0.2) is 61.2 Å². The van der Waals surface area contributed by atoms with Gasteiger partial charge in [0.15, 0.2) is 0 Å². The van der Waals surface area contributed by atoms with E-state index in [0.717, 1.165) is 32.1 Å². The van der Waals surface area contributed by atoms with Crippen LogP contribution in [0.1, 0.15) is 47.7 Å². The number of aryl methyl sites for hydroxylation is 2. The minimum Gasteiger partial charge on any atom is -0.423 e. The van der Waals surface area contributed by atoms with Gasteiger partial charge in [0.2, 0.25) is 0 Å². The molecule has 0 aliphatic rings. The Morgan fingerprint density at radius 3 is 2.22 bits per heavy atom. The van der Waals surface area contributed by atoms with Crippen molar-refractivity contribution in [2.24, 2.45) is 0 Å². The van der Waals surface area contributed by atoms with Gasteiger partial charge in [-0.05, 0) is 61.1 Å². The molecule has 0 N–H and O–H groups in total. The van der Waals surface area contributed by atoms with E-state index in [1.807, 2.05) is 54.6 Å². The Balaban J connectivity index is 1.93. The highest BCUT2D eigenvalue weighted by atomic mass is 16.5. The molecule has 0 atom stereocenters. The molecule has 0 aromatic heterocycles. The van der Waals surface area contributed by atoms with Crippen LogP contribution in [0, 0.1) is 0 Å². The second-order valence-corrected chi connectivity index (χ2v) is 5.66. The molecule has 2 aromatic rings. The second kappa shape index (κ2) is 8.94. The maximum Gasteiger partial charge on any atom is 0.343 e. The number of esters is 1. The van der Waals surface area contributed by atoms with Gasteiger partial charge in [0.1, 0.15) is 5.75 Å². The molecule has 0 bridgehead atoms. The summed E-state index contributed by atoms with van der Waals surface area (Å²) >= 11 is 0.